The van der Waals surface area contributed by atoms with Crippen molar-refractivity contribution in [1.82, 2.24) is 9.88 Å². The minimum Gasteiger partial charge on any atom is -0.465 e. The van der Waals surface area contributed by atoms with Crippen molar-refractivity contribution < 1.29 is 19.4 Å². The molecule has 26 heavy (non-hydrogen) atoms. The second-order valence-corrected chi connectivity index (χ2v) is 5.86. The Kier molecular flexibility index (Phi) is 5.48. The normalized spacial score (nSPS) is 13.7. The SMILES string of the molecule is O=C(Nc1cncc(C2=CCN(C(=O)O)CC2)c1)OCc1ccccc1. The molecule has 3 rings (SSSR count). The van der Waals surface area contributed by atoms with Crippen molar-refractivity contribution in [1.29, 1.82) is 0 Å². The van der Waals surface area contributed by atoms with Crippen LogP contribution >= 0.6 is 0 Å². The summed E-state index contributed by atoms with van der Waals surface area (Å²) in [7, 11) is 0. The topological polar surface area (TPSA) is 91.8 Å². The fraction of sp³-hybridized carbons (Fsp3) is 0.211. The van der Waals surface area contributed by atoms with Gasteiger partial charge in [-0.25, -0.2) is 9.59 Å². The molecule has 1 aliphatic heterocycles. The van der Waals surface area contributed by atoms with Crippen LogP contribution in [0.4, 0.5) is 15.3 Å². The van der Waals surface area contributed by atoms with E-state index >= 15 is 0 Å². The Labute approximate surface area is 150 Å². The number of anilines is 1. The smallest absolute Gasteiger partial charge is 0.412 e. The highest BCUT2D eigenvalue weighted by Gasteiger charge is 2.17. The molecule has 2 amide bonds. The Bertz CT molecular complexity index is 821. The fourth-order valence-corrected chi connectivity index (χ4v) is 2.67. The van der Waals surface area contributed by atoms with E-state index in [2.05, 4.69) is 10.3 Å². The molecule has 0 spiro atoms. The van der Waals surface area contributed by atoms with Crippen molar-refractivity contribution in [2.24, 2.45) is 0 Å². The number of rotatable bonds is 4. The summed E-state index contributed by atoms with van der Waals surface area (Å²) in [6.45, 7) is 0.981. The number of carbonyl (C=O) groups excluding carboxylic acids is 1. The largest absolute Gasteiger partial charge is 0.465 e. The van der Waals surface area contributed by atoms with Gasteiger partial charge in [-0.15, -0.1) is 0 Å². The van der Waals surface area contributed by atoms with Gasteiger partial charge >= 0.3 is 12.2 Å². The highest BCUT2D eigenvalue weighted by atomic mass is 16.5. The minimum absolute atomic E-state index is 0.190. The third-order valence-corrected chi connectivity index (χ3v) is 4.05. The molecule has 2 aromatic rings. The lowest BCUT2D eigenvalue weighted by Crippen LogP contribution is -2.33. The predicted molar refractivity (Wildman–Crippen MR) is 96.7 cm³/mol. The van der Waals surface area contributed by atoms with Gasteiger partial charge in [-0.2, -0.15) is 0 Å². The zero-order valence-electron chi connectivity index (χ0n) is 14.1. The minimum atomic E-state index is -0.921. The number of nitrogens with zero attached hydrogens (tertiary/aromatic N) is 2. The number of ether oxygens (including phenoxy) is 1. The lowest BCUT2D eigenvalue weighted by Gasteiger charge is -2.23. The maximum atomic E-state index is 11.9. The molecular weight excluding hydrogens is 334 g/mol. The monoisotopic (exact) mass is 353 g/mol. The zero-order chi connectivity index (χ0) is 18.4. The molecule has 1 aromatic heterocycles. The van der Waals surface area contributed by atoms with Crippen LogP contribution in [0.3, 0.4) is 0 Å². The molecule has 0 bridgehead atoms. The van der Waals surface area contributed by atoms with Crippen LogP contribution in [0, 0.1) is 0 Å². The van der Waals surface area contributed by atoms with Gasteiger partial charge in [-0.05, 0) is 29.2 Å². The number of nitrogens with one attached hydrogen (secondary N) is 1. The highest BCUT2D eigenvalue weighted by molar-refractivity contribution is 5.85. The quantitative estimate of drug-likeness (QED) is 0.876. The molecule has 1 aromatic carbocycles. The van der Waals surface area contributed by atoms with Gasteiger partial charge in [0.1, 0.15) is 6.61 Å². The van der Waals surface area contributed by atoms with Gasteiger partial charge < -0.3 is 14.7 Å². The van der Waals surface area contributed by atoms with Gasteiger partial charge in [0.25, 0.3) is 0 Å². The second-order valence-electron chi connectivity index (χ2n) is 5.86. The number of carboxylic acid groups (broad SMARTS) is 1. The molecular formula is C19H19N3O4. The van der Waals surface area contributed by atoms with Crippen LogP contribution in [0.2, 0.25) is 0 Å². The summed E-state index contributed by atoms with van der Waals surface area (Å²) in [6.07, 6.45) is 4.24. The van der Waals surface area contributed by atoms with E-state index in [1.165, 1.54) is 4.90 Å². The van der Waals surface area contributed by atoms with E-state index in [0.29, 0.717) is 25.2 Å². The van der Waals surface area contributed by atoms with Crippen molar-refractivity contribution in [3.63, 3.8) is 0 Å². The number of hydrogen-bond donors (Lipinski definition) is 2. The van der Waals surface area contributed by atoms with Crippen molar-refractivity contribution in [2.45, 2.75) is 13.0 Å². The van der Waals surface area contributed by atoms with E-state index in [-0.39, 0.29) is 6.61 Å². The molecule has 0 aliphatic carbocycles. The van der Waals surface area contributed by atoms with Crippen LogP contribution in [-0.4, -0.2) is 40.3 Å². The summed E-state index contributed by atoms with van der Waals surface area (Å²) in [5.41, 5.74) is 3.30. The summed E-state index contributed by atoms with van der Waals surface area (Å²) in [5.74, 6) is 0. The maximum absolute atomic E-state index is 11.9. The van der Waals surface area contributed by atoms with Crippen molar-refractivity contribution in [3.05, 3.63) is 66.0 Å². The van der Waals surface area contributed by atoms with Crippen LogP contribution in [0.25, 0.3) is 5.57 Å². The molecule has 2 N–H and O–H groups in total. The molecule has 1 aliphatic rings. The van der Waals surface area contributed by atoms with Crippen LogP contribution < -0.4 is 5.32 Å². The van der Waals surface area contributed by atoms with Crippen molar-refractivity contribution in [3.8, 4) is 0 Å². The average molecular weight is 353 g/mol. The predicted octanol–water partition coefficient (Wildman–Crippen LogP) is 3.60. The Morgan fingerprint density at radius 2 is 2.04 bits per heavy atom. The van der Waals surface area contributed by atoms with Gasteiger partial charge in [-0.3, -0.25) is 10.3 Å². The van der Waals surface area contributed by atoms with Gasteiger partial charge in [0.05, 0.1) is 11.9 Å². The van der Waals surface area contributed by atoms with Gasteiger partial charge in [0, 0.05) is 19.3 Å². The Morgan fingerprint density at radius 3 is 2.73 bits per heavy atom. The third-order valence-electron chi connectivity index (χ3n) is 4.05. The molecule has 0 fully saturated rings. The van der Waals surface area contributed by atoms with Crippen molar-refractivity contribution in [2.75, 3.05) is 18.4 Å². The summed E-state index contributed by atoms with van der Waals surface area (Å²) in [4.78, 5) is 28.4. The van der Waals surface area contributed by atoms with Crippen LogP contribution in [0.1, 0.15) is 17.5 Å². The lowest BCUT2D eigenvalue weighted by atomic mass is 10.0. The number of pyridine rings is 1. The summed E-state index contributed by atoms with van der Waals surface area (Å²) in [6, 6.07) is 11.2. The fourth-order valence-electron chi connectivity index (χ4n) is 2.67. The number of aromatic nitrogens is 1. The van der Waals surface area contributed by atoms with E-state index in [1.54, 1.807) is 18.5 Å². The van der Waals surface area contributed by atoms with Crippen LogP contribution in [0.5, 0.6) is 0 Å². The first kappa shape index (κ1) is 17.5. The molecule has 0 unspecified atom stereocenters. The molecule has 7 nitrogen and oxygen atoms in total. The lowest BCUT2D eigenvalue weighted by molar-refractivity contribution is 0.150. The molecule has 0 saturated heterocycles. The van der Waals surface area contributed by atoms with Gasteiger partial charge in [0.15, 0.2) is 0 Å². The van der Waals surface area contributed by atoms with Crippen LogP contribution in [-0.2, 0) is 11.3 Å². The zero-order valence-corrected chi connectivity index (χ0v) is 14.1. The summed E-state index contributed by atoms with van der Waals surface area (Å²) < 4.78 is 5.19. The highest BCUT2D eigenvalue weighted by Crippen LogP contribution is 2.24. The number of amides is 2. The molecule has 134 valence electrons. The Morgan fingerprint density at radius 1 is 1.23 bits per heavy atom. The van der Waals surface area contributed by atoms with E-state index in [4.69, 9.17) is 9.84 Å². The third kappa shape index (κ3) is 4.60. The Balaban J connectivity index is 1.59. The first-order valence-corrected chi connectivity index (χ1v) is 8.22. The van der Waals surface area contributed by atoms with Crippen LogP contribution in [0.15, 0.2) is 54.9 Å². The Hall–Kier alpha value is -3.35. The van der Waals surface area contributed by atoms with E-state index in [1.807, 2.05) is 36.4 Å². The van der Waals surface area contributed by atoms with Gasteiger partial charge in [-0.1, -0.05) is 36.4 Å². The average Bonchev–Trinajstić information content (AvgIpc) is 2.67. The van der Waals surface area contributed by atoms with E-state index in [0.717, 1.165) is 16.7 Å². The standard InChI is InChI=1S/C19H19N3O4/c23-18(26-13-14-4-2-1-3-5-14)21-17-10-16(11-20-12-17)15-6-8-22(9-7-15)19(24)25/h1-6,10-12H,7-9,13H2,(H,21,23)(H,24,25). The molecule has 7 heteroatoms. The van der Waals surface area contributed by atoms with Crippen molar-refractivity contribution >= 4 is 23.4 Å². The number of benzene rings is 1. The number of carbonyl (C=O) groups is 2. The maximum Gasteiger partial charge on any atom is 0.412 e. The molecule has 0 saturated carbocycles. The van der Waals surface area contributed by atoms with E-state index in [9.17, 15) is 9.59 Å². The molecule has 2 heterocycles. The molecule has 0 radical (unpaired) electrons. The first-order chi connectivity index (χ1) is 12.6. The number of hydrogen-bond acceptors (Lipinski definition) is 4. The summed E-state index contributed by atoms with van der Waals surface area (Å²) in [5, 5.41) is 11.7. The second kappa shape index (κ2) is 8.15. The first-order valence-electron chi connectivity index (χ1n) is 8.22. The van der Waals surface area contributed by atoms with Gasteiger partial charge in [0.2, 0.25) is 0 Å². The van der Waals surface area contributed by atoms with E-state index < -0.39 is 12.2 Å². The summed E-state index contributed by atoms with van der Waals surface area (Å²) >= 11 is 0. The molecule has 0 atom stereocenters.